The molecule has 1 rings (SSSR count). The Labute approximate surface area is 126 Å². The monoisotopic (exact) mass is 314 g/mol. The minimum Gasteiger partial charge on any atom is -0.480 e. The summed E-state index contributed by atoms with van der Waals surface area (Å²) in [4.78, 5) is 33.3. The maximum Gasteiger partial charge on any atom is 0.329 e. The van der Waals surface area contributed by atoms with Gasteiger partial charge < -0.3 is 20.5 Å². The summed E-state index contributed by atoms with van der Waals surface area (Å²) in [5, 5.41) is 13.7. The summed E-state index contributed by atoms with van der Waals surface area (Å²) in [5.41, 5.74) is 0.361. The van der Waals surface area contributed by atoms with E-state index in [-0.39, 0.29) is 19.7 Å². The van der Waals surface area contributed by atoms with Gasteiger partial charge in [-0.2, -0.15) is 0 Å². The number of benzene rings is 1. The molecule has 1 aromatic carbocycles. The van der Waals surface area contributed by atoms with E-state index in [1.165, 1.54) is 6.07 Å². The molecule has 0 aromatic heterocycles. The maximum absolute atomic E-state index is 11.7. The van der Waals surface area contributed by atoms with E-state index in [1.54, 1.807) is 18.2 Å². The normalized spacial score (nSPS) is 9.95. The molecule has 114 valence electrons. The van der Waals surface area contributed by atoms with E-state index >= 15 is 0 Å². The third-order valence-corrected chi connectivity index (χ3v) is 2.53. The van der Waals surface area contributed by atoms with Crippen molar-refractivity contribution in [2.24, 2.45) is 0 Å². The number of amides is 2. The standard InChI is InChI=1S/C13H15ClN2O5/c14-10-3-1-2-9(6-10)13(20)16-7-11(17)15-4-5-21-8-12(18)19/h1-3,6H,4-5,7-8H2,(H,15,17)(H,16,20)(H,18,19). The molecule has 0 saturated heterocycles. The molecule has 21 heavy (non-hydrogen) atoms. The Morgan fingerprint density at radius 3 is 2.67 bits per heavy atom. The lowest BCUT2D eigenvalue weighted by Gasteiger charge is -2.07. The van der Waals surface area contributed by atoms with Gasteiger partial charge in [0.2, 0.25) is 5.91 Å². The van der Waals surface area contributed by atoms with Gasteiger partial charge in [0.05, 0.1) is 13.2 Å². The smallest absolute Gasteiger partial charge is 0.329 e. The van der Waals surface area contributed by atoms with Crippen molar-refractivity contribution < 1.29 is 24.2 Å². The van der Waals surface area contributed by atoms with Crippen LogP contribution in [0.25, 0.3) is 0 Å². The number of hydrogen-bond acceptors (Lipinski definition) is 4. The van der Waals surface area contributed by atoms with Gasteiger partial charge in [-0.25, -0.2) is 4.79 Å². The van der Waals surface area contributed by atoms with Crippen LogP contribution in [-0.4, -0.2) is 49.2 Å². The maximum atomic E-state index is 11.7. The van der Waals surface area contributed by atoms with Crippen LogP contribution in [0.15, 0.2) is 24.3 Å². The minimum atomic E-state index is -1.07. The van der Waals surface area contributed by atoms with Crippen LogP contribution in [0.2, 0.25) is 5.02 Å². The van der Waals surface area contributed by atoms with E-state index < -0.39 is 24.4 Å². The number of aliphatic carboxylic acids is 1. The average Bonchev–Trinajstić information content (AvgIpc) is 2.44. The molecular weight excluding hydrogens is 300 g/mol. The Hall–Kier alpha value is -2.12. The van der Waals surface area contributed by atoms with Crippen molar-refractivity contribution >= 4 is 29.4 Å². The SMILES string of the molecule is O=C(O)COCCNC(=O)CNC(=O)c1cccc(Cl)c1. The van der Waals surface area contributed by atoms with E-state index in [2.05, 4.69) is 10.6 Å². The molecule has 0 aliphatic carbocycles. The molecule has 0 heterocycles. The lowest BCUT2D eigenvalue weighted by atomic mass is 10.2. The number of rotatable bonds is 8. The second-order valence-electron chi connectivity index (χ2n) is 3.99. The Morgan fingerprint density at radius 1 is 1.24 bits per heavy atom. The third-order valence-electron chi connectivity index (χ3n) is 2.29. The lowest BCUT2D eigenvalue weighted by Crippen LogP contribution is -2.38. The first-order valence-corrected chi connectivity index (χ1v) is 6.47. The summed E-state index contributed by atoms with van der Waals surface area (Å²) in [5.74, 6) is -1.88. The van der Waals surface area contributed by atoms with Crippen molar-refractivity contribution in [1.82, 2.24) is 10.6 Å². The van der Waals surface area contributed by atoms with Crippen molar-refractivity contribution in [3.63, 3.8) is 0 Å². The topological polar surface area (TPSA) is 105 Å². The molecule has 0 radical (unpaired) electrons. The highest BCUT2D eigenvalue weighted by Crippen LogP contribution is 2.10. The van der Waals surface area contributed by atoms with Gasteiger partial charge in [-0.15, -0.1) is 0 Å². The van der Waals surface area contributed by atoms with Crippen LogP contribution in [-0.2, 0) is 14.3 Å². The van der Waals surface area contributed by atoms with Gasteiger partial charge in [0.15, 0.2) is 0 Å². The zero-order valence-electron chi connectivity index (χ0n) is 11.1. The number of carbonyl (C=O) groups is 3. The zero-order valence-corrected chi connectivity index (χ0v) is 11.9. The molecule has 7 nitrogen and oxygen atoms in total. The first-order valence-electron chi connectivity index (χ1n) is 6.09. The number of carboxylic acids is 1. The molecule has 0 fully saturated rings. The highest BCUT2D eigenvalue weighted by atomic mass is 35.5. The first kappa shape index (κ1) is 16.9. The van der Waals surface area contributed by atoms with Crippen molar-refractivity contribution in [3.8, 4) is 0 Å². The quantitative estimate of drug-likeness (QED) is 0.598. The summed E-state index contributed by atoms with van der Waals surface area (Å²) in [6.45, 7) is -0.356. The third kappa shape index (κ3) is 7.28. The summed E-state index contributed by atoms with van der Waals surface area (Å²) < 4.78 is 4.74. The fourth-order valence-electron chi connectivity index (χ4n) is 1.38. The van der Waals surface area contributed by atoms with Crippen LogP contribution in [0.1, 0.15) is 10.4 Å². The van der Waals surface area contributed by atoms with Gasteiger partial charge in [0, 0.05) is 17.1 Å². The Balaban J connectivity index is 2.21. The van der Waals surface area contributed by atoms with Crippen molar-refractivity contribution in [2.75, 3.05) is 26.3 Å². The highest BCUT2D eigenvalue weighted by molar-refractivity contribution is 6.30. The highest BCUT2D eigenvalue weighted by Gasteiger charge is 2.08. The number of ether oxygens (including phenoxy) is 1. The summed E-state index contributed by atoms with van der Waals surface area (Å²) >= 11 is 5.76. The zero-order chi connectivity index (χ0) is 15.7. The minimum absolute atomic E-state index is 0.0836. The van der Waals surface area contributed by atoms with Crippen LogP contribution in [0.5, 0.6) is 0 Å². The summed E-state index contributed by atoms with van der Waals surface area (Å²) in [6.07, 6.45) is 0. The number of carbonyl (C=O) groups excluding carboxylic acids is 2. The molecule has 0 saturated carbocycles. The summed E-state index contributed by atoms with van der Waals surface area (Å²) in [7, 11) is 0. The summed E-state index contributed by atoms with van der Waals surface area (Å²) in [6, 6.07) is 6.35. The van der Waals surface area contributed by atoms with E-state index in [1.807, 2.05) is 0 Å². The van der Waals surface area contributed by atoms with Gasteiger partial charge >= 0.3 is 5.97 Å². The largest absolute Gasteiger partial charge is 0.480 e. The molecule has 0 aliphatic rings. The van der Waals surface area contributed by atoms with Crippen LogP contribution < -0.4 is 10.6 Å². The number of nitrogens with one attached hydrogen (secondary N) is 2. The van der Waals surface area contributed by atoms with E-state index in [4.69, 9.17) is 21.4 Å². The van der Waals surface area contributed by atoms with Gasteiger partial charge in [-0.05, 0) is 18.2 Å². The molecule has 0 spiro atoms. The van der Waals surface area contributed by atoms with Crippen molar-refractivity contribution in [2.45, 2.75) is 0 Å². The van der Waals surface area contributed by atoms with E-state index in [0.29, 0.717) is 10.6 Å². The van der Waals surface area contributed by atoms with Crippen LogP contribution in [0.4, 0.5) is 0 Å². The molecule has 1 aromatic rings. The van der Waals surface area contributed by atoms with Crippen molar-refractivity contribution in [3.05, 3.63) is 34.9 Å². The second kappa shape index (κ2) is 8.93. The molecule has 3 N–H and O–H groups in total. The van der Waals surface area contributed by atoms with Crippen LogP contribution >= 0.6 is 11.6 Å². The Kier molecular flexibility index (Phi) is 7.20. The van der Waals surface area contributed by atoms with Crippen LogP contribution in [0, 0.1) is 0 Å². The molecule has 0 aliphatic heterocycles. The number of hydrogen-bond donors (Lipinski definition) is 3. The van der Waals surface area contributed by atoms with E-state index in [9.17, 15) is 14.4 Å². The number of carboxylic acid groups (broad SMARTS) is 1. The molecular formula is C13H15ClN2O5. The Bertz CT molecular complexity index is 521. The predicted octanol–water partition coefficient (Wildman–Crippen LogP) is 0.287. The molecule has 8 heteroatoms. The van der Waals surface area contributed by atoms with Crippen LogP contribution in [0.3, 0.4) is 0 Å². The molecule has 0 bridgehead atoms. The first-order chi connectivity index (χ1) is 9.99. The predicted molar refractivity (Wildman–Crippen MR) is 75.2 cm³/mol. The average molecular weight is 315 g/mol. The van der Waals surface area contributed by atoms with E-state index in [0.717, 1.165) is 0 Å². The lowest BCUT2D eigenvalue weighted by molar-refractivity contribution is -0.142. The molecule has 0 atom stereocenters. The number of halogens is 1. The second-order valence-corrected chi connectivity index (χ2v) is 4.43. The van der Waals surface area contributed by atoms with Crippen molar-refractivity contribution in [1.29, 1.82) is 0 Å². The van der Waals surface area contributed by atoms with Gasteiger partial charge in [-0.1, -0.05) is 17.7 Å². The molecule has 0 unspecified atom stereocenters. The van der Waals surface area contributed by atoms with Gasteiger partial charge in [0.1, 0.15) is 6.61 Å². The van der Waals surface area contributed by atoms with Gasteiger partial charge in [-0.3, -0.25) is 9.59 Å². The Morgan fingerprint density at radius 2 is 2.00 bits per heavy atom. The fourth-order valence-corrected chi connectivity index (χ4v) is 1.57. The van der Waals surface area contributed by atoms with Gasteiger partial charge in [0.25, 0.3) is 5.91 Å². The fraction of sp³-hybridized carbons (Fsp3) is 0.308. The molecule has 2 amide bonds.